The number of nitrogens with one attached hydrogen (secondary N) is 1. The van der Waals surface area contributed by atoms with Crippen LogP contribution in [0.2, 0.25) is 0 Å². The van der Waals surface area contributed by atoms with Gasteiger partial charge in [0.2, 0.25) is 0 Å². The summed E-state index contributed by atoms with van der Waals surface area (Å²) in [6, 6.07) is 2.97. The van der Waals surface area contributed by atoms with Gasteiger partial charge in [0.25, 0.3) is 0 Å². The van der Waals surface area contributed by atoms with Gasteiger partial charge in [0.15, 0.2) is 0 Å². The molecule has 3 nitrogen and oxygen atoms in total. The van der Waals surface area contributed by atoms with E-state index in [1.807, 2.05) is 0 Å². The van der Waals surface area contributed by atoms with Crippen molar-refractivity contribution in [1.82, 2.24) is 10.2 Å². The average molecular weight is 223 g/mol. The highest BCUT2D eigenvalue weighted by atomic mass is 15.1. The van der Waals surface area contributed by atoms with Crippen LogP contribution in [0.25, 0.3) is 0 Å². The second-order valence-corrected chi connectivity index (χ2v) is 4.78. The molecule has 0 radical (unpaired) electrons. The molecule has 0 aliphatic heterocycles. The van der Waals surface area contributed by atoms with Crippen molar-refractivity contribution in [1.29, 1.82) is 5.26 Å². The third-order valence-corrected chi connectivity index (χ3v) is 3.48. The predicted octanol–water partition coefficient (Wildman–Crippen LogP) is 2.14. The molecule has 1 rings (SSSR count). The van der Waals surface area contributed by atoms with Gasteiger partial charge in [-0.15, -0.1) is 0 Å². The van der Waals surface area contributed by atoms with Crippen LogP contribution in [0, 0.1) is 11.3 Å². The molecule has 0 aromatic heterocycles. The summed E-state index contributed by atoms with van der Waals surface area (Å²) in [4.78, 5) is 2.52. The maximum absolute atomic E-state index is 8.38. The Kier molecular flexibility index (Phi) is 7.20. The van der Waals surface area contributed by atoms with Gasteiger partial charge in [0, 0.05) is 19.0 Å². The van der Waals surface area contributed by atoms with Crippen LogP contribution in [0.4, 0.5) is 0 Å². The molecule has 0 unspecified atom stereocenters. The fourth-order valence-electron chi connectivity index (χ4n) is 2.43. The van der Waals surface area contributed by atoms with E-state index in [4.69, 9.17) is 5.26 Å². The minimum absolute atomic E-state index is 0.623. The summed E-state index contributed by atoms with van der Waals surface area (Å²) in [7, 11) is 2.26. The fraction of sp³-hybridized carbons (Fsp3) is 0.923. The van der Waals surface area contributed by atoms with Gasteiger partial charge in [-0.2, -0.15) is 5.26 Å². The topological polar surface area (TPSA) is 39.1 Å². The minimum Gasteiger partial charge on any atom is -0.316 e. The van der Waals surface area contributed by atoms with Crippen molar-refractivity contribution in [3.05, 3.63) is 0 Å². The lowest BCUT2D eigenvalue weighted by Crippen LogP contribution is -2.35. The van der Waals surface area contributed by atoms with Gasteiger partial charge in [0.05, 0.1) is 6.07 Å². The molecule has 1 fully saturated rings. The molecule has 0 atom stereocenters. The summed E-state index contributed by atoms with van der Waals surface area (Å²) in [5.41, 5.74) is 0. The smallest absolute Gasteiger partial charge is 0.0635 e. The molecule has 1 aliphatic rings. The van der Waals surface area contributed by atoms with Gasteiger partial charge in [0.1, 0.15) is 0 Å². The maximum atomic E-state index is 8.38. The lowest BCUT2D eigenvalue weighted by atomic mass is 9.94. The zero-order valence-electron chi connectivity index (χ0n) is 10.5. The average Bonchev–Trinajstić information content (AvgIpc) is 2.34. The van der Waals surface area contributed by atoms with E-state index in [0.717, 1.165) is 19.1 Å². The van der Waals surface area contributed by atoms with Crippen molar-refractivity contribution in [3.8, 4) is 6.07 Å². The minimum atomic E-state index is 0.623. The van der Waals surface area contributed by atoms with Crippen LogP contribution in [0.15, 0.2) is 0 Å². The molecular weight excluding hydrogens is 198 g/mol. The first-order valence-corrected chi connectivity index (χ1v) is 6.62. The van der Waals surface area contributed by atoms with Crippen molar-refractivity contribution in [3.63, 3.8) is 0 Å². The molecule has 0 spiro atoms. The van der Waals surface area contributed by atoms with Crippen molar-refractivity contribution >= 4 is 0 Å². The largest absolute Gasteiger partial charge is 0.316 e. The first-order valence-electron chi connectivity index (χ1n) is 6.62. The highest BCUT2D eigenvalue weighted by Crippen LogP contribution is 2.21. The Morgan fingerprint density at radius 1 is 1.25 bits per heavy atom. The van der Waals surface area contributed by atoms with E-state index < -0.39 is 0 Å². The molecule has 0 heterocycles. The Hall–Kier alpha value is -0.590. The molecule has 0 amide bonds. The monoisotopic (exact) mass is 223 g/mol. The van der Waals surface area contributed by atoms with E-state index in [1.165, 1.54) is 45.1 Å². The van der Waals surface area contributed by atoms with E-state index in [9.17, 15) is 0 Å². The van der Waals surface area contributed by atoms with Gasteiger partial charge >= 0.3 is 0 Å². The summed E-state index contributed by atoms with van der Waals surface area (Å²) >= 11 is 0. The summed E-state index contributed by atoms with van der Waals surface area (Å²) < 4.78 is 0. The second-order valence-electron chi connectivity index (χ2n) is 4.78. The Morgan fingerprint density at radius 2 is 2.00 bits per heavy atom. The van der Waals surface area contributed by atoms with Gasteiger partial charge < -0.3 is 10.2 Å². The SMILES string of the molecule is CN(CCCNCCC#N)C1CCCCC1. The number of hydrogen-bond donors (Lipinski definition) is 1. The van der Waals surface area contributed by atoms with Gasteiger partial charge in [-0.3, -0.25) is 0 Å². The lowest BCUT2D eigenvalue weighted by Gasteiger charge is -2.31. The quantitative estimate of drug-likeness (QED) is 0.672. The summed E-state index contributed by atoms with van der Waals surface area (Å²) in [6.07, 6.45) is 8.85. The molecule has 16 heavy (non-hydrogen) atoms. The Labute approximate surface area is 99.8 Å². The normalized spacial score (nSPS) is 17.6. The van der Waals surface area contributed by atoms with E-state index >= 15 is 0 Å². The van der Waals surface area contributed by atoms with E-state index in [1.54, 1.807) is 0 Å². The van der Waals surface area contributed by atoms with Gasteiger partial charge in [-0.1, -0.05) is 19.3 Å². The third-order valence-electron chi connectivity index (χ3n) is 3.48. The third kappa shape index (κ3) is 5.48. The van der Waals surface area contributed by atoms with Crippen molar-refractivity contribution in [2.45, 2.75) is 51.0 Å². The molecular formula is C13H25N3. The van der Waals surface area contributed by atoms with E-state index in [0.29, 0.717) is 6.42 Å². The highest BCUT2D eigenvalue weighted by Gasteiger charge is 2.16. The second kappa shape index (κ2) is 8.55. The van der Waals surface area contributed by atoms with Crippen LogP contribution in [-0.4, -0.2) is 37.6 Å². The van der Waals surface area contributed by atoms with Crippen LogP contribution in [0.5, 0.6) is 0 Å². The number of nitrogens with zero attached hydrogens (tertiary/aromatic N) is 2. The van der Waals surface area contributed by atoms with Gasteiger partial charge in [-0.25, -0.2) is 0 Å². The first kappa shape index (κ1) is 13.5. The number of rotatable bonds is 7. The summed E-state index contributed by atoms with van der Waals surface area (Å²) in [6.45, 7) is 3.06. The van der Waals surface area contributed by atoms with Crippen LogP contribution in [0.3, 0.4) is 0 Å². The van der Waals surface area contributed by atoms with Crippen LogP contribution in [-0.2, 0) is 0 Å². The summed E-state index contributed by atoms with van der Waals surface area (Å²) in [5, 5.41) is 11.7. The molecule has 1 aliphatic carbocycles. The molecule has 0 bridgehead atoms. The Morgan fingerprint density at radius 3 is 2.69 bits per heavy atom. The van der Waals surface area contributed by atoms with Crippen LogP contribution < -0.4 is 5.32 Å². The number of hydrogen-bond acceptors (Lipinski definition) is 3. The number of nitriles is 1. The predicted molar refractivity (Wildman–Crippen MR) is 67.2 cm³/mol. The molecule has 92 valence electrons. The molecule has 1 saturated carbocycles. The fourth-order valence-corrected chi connectivity index (χ4v) is 2.43. The van der Waals surface area contributed by atoms with Crippen molar-refractivity contribution in [2.75, 3.05) is 26.7 Å². The zero-order valence-corrected chi connectivity index (χ0v) is 10.5. The molecule has 1 N–H and O–H groups in total. The molecule has 0 aromatic carbocycles. The highest BCUT2D eigenvalue weighted by molar-refractivity contribution is 4.74. The maximum Gasteiger partial charge on any atom is 0.0635 e. The standard InChI is InChI=1S/C13H25N3/c1-16(13-7-3-2-4-8-13)12-6-11-15-10-5-9-14/h13,15H,2-8,10-12H2,1H3. The Bertz CT molecular complexity index is 204. The molecule has 0 aromatic rings. The summed E-state index contributed by atoms with van der Waals surface area (Å²) in [5.74, 6) is 0. The Balaban J connectivity index is 1.97. The van der Waals surface area contributed by atoms with Crippen molar-refractivity contribution < 1.29 is 0 Å². The van der Waals surface area contributed by atoms with E-state index in [-0.39, 0.29) is 0 Å². The molecule has 0 saturated heterocycles. The molecule has 3 heteroatoms. The zero-order chi connectivity index (χ0) is 11.6. The van der Waals surface area contributed by atoms with Gasteiger partial charge in [-0.05, 0) is 39.4 Å². The lowest BCUT2D eigenvalue weighted by molar-refractivity contribution is 0.189. The van der Waals surface area contributed by atoms with Crippen LogP contribution >= 0.6 is 0 Å². The van der Waals surface area contributed by atoms with Crippen LogP contribution in [0.1, 0.15) is 44.9 Å². The first-order chi connectivity index (χ1) is 7.84. The van der Waals surface area contributed by atoms with E-state index in [2.05, 4.69) is 23.3 Å². The van der Waals surface area contributed by atoms with Crippen molar-refractivity contribution in [2.24, 2.45) is 0 Å².